The molecule has 1 aliphatic heterocycles. The van der Waals surface area contributed by atoms with Gasteiger partial charge in [0.25, 0.3) is 0 Å². The molecule has 0 aromatic carbocycles. The number of hydrogen-bond acceptors (Lipinski definition) is 3. The van der Waals surface area contributed by atoms with E-state index in [-0.39, 0.29) is 5.75 Å². The lowest BCUT2D eigenvalue weighted by molar-refractivity contribution is 0.214. The van der Waals surface area contributed by atoms with Gasteiger partial charge < -0.3 is 4.90 Å². The Bertz CT molecular complexity index is 277. The molecular formula is C10H22N2O2S. The van der Waals surface area contributed by atoms with Crippen LogP contribution in [0, 0.1) is 0 Å². The van der Waals surface area contributed by atoms with Crippen LogP contribution in [0.3, 0.4) is 0 Å². The predicted octanol–water partition coefficient (Wildman–Crippen LogP) is 0.930. The van der Waals surface area contributed by atoms with Gasteiger partial charge in [0.1, 0.15) is 0 Å². The van der Waals surface area contributed by atoms with E-state index >= 15 is 0 Å². The van der Waals surface area contributed by atoms with Crippen LogP contribution in [0.25, 0.3) is 0 Å². The lowest BCUT2D eigenvalue weighted by Gasteiger charge is -2.26. The maximum atomic E-state index is 10.8. The Balaban J connectivity index is 2.29. The van der Waals surface area contributed by atoms with Gasteiger partial charge in [-0.25, -0.2) is 13.6 Å². The molecule has 0 spiro atoms. The number of sulfonamides is 1. The molecule has 0 amide bonds. The zero-order valence-electron chi connectivity index (χ0n) is 9.48. The zero-order valence-corrected chi connectivity index (χ0v) is 10.3. The van der Waals surface area contributed by atoms with E-state index in [1.807, 2.05) is 0 Å². The number of primary sulfonamides is 1. The van der Waals surface area contributed by atoms with Gasteiger partial charge in [-0.2, -0.15) is 0 Å². The summed E-state index contributed by atoms with van der Waals surface area (Å²) in [5.74, 6) is 0.107. The van der Waals surface area contributed by atoms with Gasteiger partial charge >= 0.3 is 0 Å². The maximum absolute atomic E-state index is 10.8. The van der Waals surface area contributed by atoms with Gasteiger partial charge in [0.05, 0.1) is 5.75 Å². The Labute approximate surface area is 92.9 Å². The lowest BCUT2D eigenvalue weighted by Crippen LogP contribution is -2.34. The summed E-state index contributed by atoms with van der Waals surface area (Å²) in [4.78, 5) is 2.39. The average Bonchev–Trinajstić information content (AvgIpc) is 2.30. The van der Waals surface area contributed by atoms with Gasteiger partial charge in [0.15, 0.2) is 0 Å². The van der Waals surface area contributed by atoms with E-state index < -0.39 is 10.0 Å². The molecule has 0 aromatic rings. The first kappa shape index (κ1) is 12.9. The minimum atomic E-state index is -3.28. The molecule has 1 aliphatic rings. The molecule has 0 radical (unpaired) electrons. The summed E-state index contributed by atoms with van der Waals surface area (Å²) in [5.41, 5.74) is 0. The topological polar surface area (TPSA) is 63.4 Å². The van der Waals surface area contributed by atoms with E-state index in [9.17, 15) is 8.42 Å². The van der Waals surface area contributed by atoms with Gasteiger partial charge in [0, 0.05) is 6.04 Å². The summed E-state index contributed by atoms with van der Waals surface area (Å²) in [6, 6.07) is 0.591. The minimum absolute atomic E-state index is 0.107. The summed E-state index contributed by atoms with van der Waals surface area (Å²) < 4.78 is 21.6. The Morgan fingerprint density at radius 2 is 2.07 bits per heavy atom. The van der Waals surface area contributed by atoms with Crippen molar-refractivity contribution in [2.24, 2.45) is 5.14 Å². The van der Waals surface area contributed by atoms with Crippen molar-refractivity contribution in [3.63, 3.8) is 0 Å². The first-order chi connectivity index (χ1) is 6.99. The highest BCUT2D eigenvalue weighted by molar-refractivity contribution is 7.89. The summed E-state index contributed by atoms with van der Waals surface area (Å²) in [7, 11) is -3.28. The van der Waals surface area contributed by atoms with E-state index in [0.29, 0.717) is 12.5 Å². The molecule has 5 heteroatoms. The van der Waals surface area contributed by atoms with Crippen molar-refractivity contribution in [1.82, 2.24) is 4.90 Å². The fourth-order valence-corrected chi connectivity index (χ4v) is 2.67. The second-order valence-electron chi connectivity index (χ2n) is 4.45. The third-order valence-corrected chi connectivity index (χ3v) is 3.92. The van der Waals surface area contributed by atoms with Crippen LogP contribution in [0.4, 0.5) is 0 Å². The molecule has 1 rings (SSSR count). The molecule has 1 saturated heterocycles. The smallest absolute Gasteiger partial charge is 0.209 e. The third-order valence-electron chi connectivity index (χ3n) is 3.06. The van der Waals surface area contributed by atoms with Crippen molar-refractivity contribution >= 4 is 10.0 Å². The van der Waals surface area contributed by atoms with Gasteiger partial charge in [-0.3, -0.25) is 0 Å². The maximum Gasteiger partial charge on any atom is 0.209 e. The SMILES string of the molecule is CC1CCCCCN1CCCS(N)(=O)=O. The summed E-state index contributed by atoms with van der Waals surface area (Å²) in [5, 5.41) is 4.97. The van der Waals surface area contributed by atoms with E-state index in [0.717, 1.165) is 13.1 Å². The van der Waals surface area contributed by atoms with Gasteiger partial charge in [-0.05, 0) is 39.3 Å². The molecule has 4 nitrogen and oxygen atoms in total. The molecule has 1 atom stereocenters. The van der Waals surface area contributed by atoms with E-state index in [2.05, 4.69) is 11.8 Å². The zero-order chi connectivity index (χ0) is 11.3. The van der Waals surface area contributed by atoms with Gasteiger partial charge in [-0.1, -0.05) is 12.8 Å². The number of nitrogens with two attached hydrogens (primary N) is 1. The van der Waals surface area contributed by atoms with Crippen LogP contribution in [-0.2, 0) is 10.0 Å². The van der Waals surface area contributed by atoms with Crippen LogP contribution >= 0.6 is 0 Å². The quantitative estimate of drug-likeness (QED) is 0.787. The highest BCUT2D eigenvalue weighted by Crippen LogP contribution is 2.16. The Hall–Kier alpha value is -0.130. The molecule has 90 valence electrons. The Morgan fingerprint density at radius 3 is 2.73 bits per heavy atom. The van der Waals surface area contributed by atoms with Crippen LogP contribution in [0.2, 0.25) is 0 Å². The van der Waals surface area contributed by atoms with Crippen molar-refractivity contribution in [2.45, 2.75) is 45.1 Å². The Morgan fingerprint density at radius 1 is 1.33 bits per heavy atom. The first-order valence-corrected chi connectivity index (χ1v) is 7.45. The fourth-order valence-electron chi connectivity index (χ4n) is 2.14. The molecule has 0 aromatic heterocycles. The second-order valence-corrected chi connectivity index (χ2v) is 6.19. The number of nitrogens with zero attached hydrogens (tertiary/aromatic N) is 1. The molecule has 0 bridgehead atoms. The number of hydrogen-bond donors (Lipinski definition) is 1. The van der Waals surface area contributed by atoms with Crippen molar-refractivity contribution in [3.05, 3.63) is 0 Å². The largest absolute Gasteiger partial charge is 0.301 e. The number of likely N-dealkylation sites (tertiary alicyclic amines) is 1. The molecule has 1 fully saturated rings. The van der Waals surface area contributed by atoms with Crippen molar-refractivity contribution in [1.29, 1.82) is 0 Å². The van der Waals surface area contributed by atoms with Crippen molar-refractivity contribution in [2.75, 3.05) is 18.8 Å². The lowest BCUT2D eigenvalue weighted by atomic mass is 10.1. The third kappa shape index (κ3) is 5.49. The predicted molar refractivity (Wildman–Crippen MR) is 62.1 cm³/mol. The molecule has 1 unspecified atom stereocenters. The second kappa shape index (κ2) is 5.82. The minimum Gasteiger partial charge on any atom is -0.301 e. The monoisotopic (exact) mass is 234 g/mol. The van der Waals surface area contributed by atoms with E-state index in [1.54, 1.807) is 0 Å². The normalized spacial score (nSPS) is 25.1. The van der Waals surface area contributed by atoms with Crippen LogP contribution < -0.4 is 5.14 Å². The first-order valence-electron chi connectivity index (χ1n) is 5.73. The van der Waals surface area contributed by atoms with Gasteiger partial charge in [-0.15, -0.1) is 0 Å². The average molecular weight is 234 g/mol. The summed E-state index contributed by atoms with van der Waals surface area (Å²) in [6.45, 7) is 4.19. The molecule has 0 saturated carbocycles. The Kier molecular flexibility index (Phi) is 5.02. The molecule has 0 aliphatic carbocycles. The highest BCUT2D eigenvalue weighted by atomic mass is 32.2. The van der Waals surface area contributed by atoms with Crippen LogP contribution in [-0.4, -0.2) is 38.2 Å². The van der Waals surface area contributed by atoms with Crippen molar-refractivity contribution < 1.29 is 8.42 Å². The highest BCUT2D eigenvalue weighted by Gasteiger charge is 2.16. The summed E-state index contributed by atoms with van der Waals surface area (Å²) >= 11 is 0. The van der Waals surface area contributed by atoms with Crippen LogP contribution in [0.15, 0.2) is 0 Å². The standard InChI is InChI=1S/C10H22N2O2S/c1-10-6-3-2-4-7-12(10)8-5-9-15(11,13)14/h10H,2-9H2,1H3,(H2,11,13,14). The summed E-state index contributed by atoms with van der Waals surface area (Å²) in [6.07, 6.45) is 5.72. The van der Waals surface area contributed by atoms with Crippen LogP contribution in [0.1, 0.15) is 39.0 Å². The molecule has 1 heterocycles. The molecular weight excluding hydrogens is 212 g/mol. The molecule has 2 N–H and O–H groups in total. The fraction of sp³-hybridized carbons (Fsp3) is 1.00. The van der Waals surface area contributed by atoms with E-state index in [1.165, 1.54) is 25.7 Å². The van der Waals surface area contributed by atoms with Crippen LogP contribution in [0.5, 0.6) is 0 Å². The van der Waals surface area contributed by atoms with Crippen molar-refractivity contribution in [3.8, 4) is 0 Å². The van der Waals surface area contributed by atoms with Gasteiger partial charge in [0.2, 0.25) is 10.0 Å². The molecule has 15 heavy (non-hydrogen) atoms. The van der Waals surface area contributed by atoms with E-state index in [4.69, 9.17) is 5.14 Å². The number of rotatable bonds is 4.